The van der Waals surface area contributed by atoms with Crippen molar-refractivity contribution in [3.05, 3.63) is 118 Å². The Kier molecular flexibility index (Phi) is 8.44. The summed E-state index contributed by atoms with van der Waals surface area (Å²) in [5.41, 5.74) is 5.47. The van der Waals surface area contributed by atoms with Gasteiger partial charge in [0, 0.05) is 12.6 Å². The van der Waals surface area contributed by atoms with Crippen LogP contribution in [0.1, 0.15) is 29.3 Å². The number of benzene rings is 3. The van der Waals surface area contributed by atoms with Crippen molar-refractivity contribution >= 4 is 13.4 Å². The Bertz CT molecular complexity index is 1610. The Morgan fingerprint density at radius 3 is 1.98 bits per heavy atom. The molecule has 0 unspecified atom stereocenters. The Hall–Kier alpha value is -4.03. The largest absolute Gasteiger partial charge is 0.497 e. The third-order valence-electron chi connectivity index (χ3n) is 7.60. The molecule has 0 aliphatic carbocycles. The minimum Gasteiger partial charge on any atom is -0.497 e. The molecular weight excluding hydrogens is 577 g/mol. The molecule has 0 saturated carbocycles. The van der Waals surface area contributed by atoms with Crippen LogP contribution in [0.15, 0.2) is 95.9 Å². The van der Waals surface area contributed by atoms with Gasteiger partial charge in [0.1, 0.15) is 35.2 Å². The normalized spacial score (nSPS) is 20.6. The summed E-state index contributed by atoms with van der Waals surface area (Å²) in [6.07, 6.45) is -2.11. The molecule has 43 heavy (non-hydrogen) atoms. The third-order valence-corrected chi connectivity index (χ3v) is 9.08. The van der Waals surface area contributed by atoms with E-state index in [9.17, 15) is 24.3 Å². The highest BCUT2D eigenvalue weighted by atomic mass is 31.2. The van der Waals surface area contributed by atoms with E-state index >= 15 is 0 Å². The maximum absolute atomic E-state index is 12.7. The van der Waals surface area contributed by atoms with Crippen molar-refractivity contribution in [2.75, 3.05) is 26.6 Å². The third kappa shape index (κ3) is 5.68. The number of ether oxygens (including phenoxy) is 4. The van der Waals surface area contributed by atoms with Gasteiger partial charge in [0.2, 0.25) is 0 Å². The number of anilines is 1. The second kappa shape index (κ2) is 11.9. The predicted octanol–water partition coefficient (Wildman–Crippen LogP) is 3.01. The lowest BCUT2D eigenvalue weighted by Gasteiger charge is -2.38. The fraction of sp³-hybridized carbons (Fsp3) is 0.267. The average Bonchev–Trinajstić information content (AvgIpc) is 3.36. The molecule has 1 fully saturated rings. The number of hydrogen-bond donors (Lipinski definition) is 4. The van der Waals surface area contributed by atoms with Crippen LogP contribution in [0, 0.1) is 0 Å². The molecule has 226 valence electrons. The van der Waals surface area contributed by atoms with E-state index in [1.807, 2.05) is 54.6 Å². The maximum atomic E-state index is 12.7. The van der Waals surface area contributed by atoms with Crippen LogP contribution in [-0.4, -0.2) is 56.7 Å². The number of nitrogens with zero attached hydrogens (tertiary/aromatic N) is 2. The number of methoxy groups -OCH3 is 2. The van der Waals surface area contributed by atoms with Crippen LogP contribution in [0.25, 0.3) is 0 Å². The first kappa shape index (κ1) is 30.4. The van der Waals surface area contributed by atoms with Crippen molar-refractivity contribution in [2.24, 2.45) is 0 Å². The molecule has 1 saturated heterocycles. The summed E-state index contributed by atoms with van der Waals surface area (Å²) in [6.45, 7) is -0.484. The molecule has 1 aliphatic heterocycles. The number of aromatic nitrogens is 2. The summed E-state index contributed by atoms with van der Waals surface area (Å²) in [5.74, 6) is 1.19. The van der Waals surface area contributed by atoms with Gasteiger partial charge in [-0.3, -0.25) is 9.13 Å². The van der Waals surface area contributed by atoms with Gasteiger partial charge in [-0.05, 0) is 47.0 Å². The van der Waals surface area contributed by atoms with E-state index in [2.05, 4.69) is 4.98 Å². The van der Waals surface area contributed by atoms with Crippen LogP contribution in [0.3, 0.4) is 0 Å². The van der Waals surface area contributed by atoms with Gasteiger partial charge in [0.25, 0.3) is 0 Å². The Balaban J connectivity index is 1.62. The molecule has 5 N–H and O–H groups in total. The average molecular weight is 610 g/mol. The lowest BCUT2D eigenvalue weighted by atomic mass is 9.80. The summed E-state index contributed by atoms with van der Waals surface area (Å²) in [7, 11) is -2.12. The van der Waals surface area contributed by atoms with Crippen molar-refractivity contribution in [3.8, 4) is 11.5 Å². The fourth-order valence-corrected chi connectivity index (χ4v) is 6.20. The van der Waals surface area contributed by atoms with Gasteiger partial charge < -0.3 is 39.6 Å². The molecular formula is C30H32N3O9P. The molecule has 1 aromatic heterocycles. The van der Waals surface area contributed by atoms with Crippen LogP contribution < -0.4 is 20.9 Å². The van der Waals surface area contributed by atoms with Crippen molar-refractivity contribution in [1.29, 1.82) is 0 Å². The van der Waals surface area contributed by atoms with Crippen LogP contribution in [0.5, 0.6) is 11.5 Å². The molecule has 12 nitrogen and oxygen atoms in total. The Morgan fingerprint density at radius 2 is 1.49 bits per heavy atom. The molecule has 4 aromatic rings. The standard InChI is InChI=1S/C30H32N3O9P/c1-39-23-12-8-21(9-13-23)30(20-6-4-3-5-7-20,22-10-14-24(40-2)15-11-22)41-19-25-29(35,43(36,37)38)18-27(42-25)33-17-16-26(31)32-28(33)34/h3-17,25,27,35H,18-19H2,1-2H3,(H2,31,32,34)(H2,36,37,38)/t25-,27-,29-/m1/s1. The molecule has 13 heteroatoms. The van der Waals surface area contributed by atoms with Crippen molar-refractivity contribution < 1.29 is 38.4 Å². The zero-order valence-electron chi connectivity index (χ0n) is 23.4. The molecule has 1 aliphatic rings. The summed E-state index contributed by atoms with van der Waals surface area (Å²) < 4.78 is 37.1. The number of nitrogens with two attached hydrogens (primary N) is 1. The molecule has 3 aromatic carbocycles. The topological polar surface area (TPSA) is 176 Å². The van der Waals surface area contributed by atoms with E-state index < -0.39 is 49.6 Å². The van der Waals surface area contributed by atoms with Gasteiger partial charge in [-0.15, -0.1) is 0 Å². The van der Waals surface area contributed by atoms with Crippen molar-refractivity contribution in [1.82, 2.24) is 9.55 Å². The summed E-state index contributed by atoms with van der Waals surface area (Å²) >= 11 is 0. The molecule has 0 spiro atoms. The lowest BCUT2D eigenvalue weighted by molar-refractivity contribution is -0.105. The first-order chi connectivity index (χ1) is 20.5. The minimum atomic E-state index is -5.23. The zero-order valence-corrected chi connectivity index (χ0v) is 24.3. The zero-order chi connectivity index (χ0) is 30.8. The quantitative estimate of drug-likeness (QED) is 0.154. The predicted molar refractivity (Wildman–Crippen MR) is 157 cm³/mol. The fourth-order valence-electron chi connectivity index (χ4n) is 5.30. The van der Waals surface area contributed by atoms with Crippen molar-refractivity contribution in [3.63, 3.8) is 0 Å². The minimum absolute atomic E-state index is 0.0315. The number of aliphatic hydroxyl groups is 1. The second-order valence-electron chi connectivity index (χ2n) is 10.1. The van der Waals surface area contributed by atoms with Crippen molar-refractivity contribution in [2.45, 2.75) is 29.7 Å². The van der Waals surface area contributed by atoms with Gasteiger partial charge in [0.15, 0.2) is 5.34 Å². The van der Waals surface area contributed by atoms with Crippen LogP contribution >= 0.6 is 7.60 Å². The SMILES string of the molecule is COc1ccc(C(OC[C@H]2O[C@@H](n3ccc(N)nc3=O)C[C@@]2(O)P(=O)(O)O)(c2ccccc2)c2ccc(OC)cc2)cc1. The van der Waals surface area contributed by atoms with Gasteiger partial charge in [-0.1, -0.05) is 54.6 Å². The van der Waals surface area contributed by atoms with Crippen LogP contribution in [0.4, 0.5) is 5.82 Å². The monoisotopic (exact) mass is 609 g/mol. The summed E-state index contributed by atoms with van der Waals surface area (Å²) in [4.78, 5) is 36.8. The first-order valence-electron chi connectivity index (χ1n) is 13.3. The highest BCUT2D eigenvalue weighted by Crippen LogP contribution is 2.59. The molecule has 0 amide bonds. The molecule has 3 atom stereocenters. The molecule has 0 bridgehead atoms. The van der Waals surface area contributed by atoms with E-state index in [-0.39, 0.29) is 5.82 Å². The highest BCUT2D eigenvalue weighted by Gasteiger charge is 2.60. The van der Waals surface area contributed by atoms with Gasteiger partial charge in [0.05, 0.1) is 20.8 Å². The molecule has 2 heterocycles. The molecule has 0 radical (unpaired) electrons. The molecule has 5 rings (SSSR count). The van der Waals surface area contributed by atoms with E-state index in [0.717, 1.165) is 4.57 Å². The maximum Gasteiger partial charge on any atom is 0.359 e. The van der Waals surface area contributed by atoms with E-state index in [4.69, 9.17) is 24.7 Å². The van der Waals surface area contributed by atoms with E-state index in [1.54, 1.807) is 38.5 Å². The highest BCUT2D eigenvalue weighted by molar-refractivity contribution is 7.53. The smallest absolute Gasteiger partial charge is 0.359 e. The second-order valence-corrected chi connectivity index (χ2v) is 11.9. The summed E-state index contributed by atoms with van der Waals surface area (Å²) in [5, 5.41) is 8.77. The van der Waals surface area contributed by atoms with Gasteiger partial charge >= 0.3 is 13.3 Å². The van der Waals surface area contributed by atoms with Crippen LogP contribution in [-0.2, 0) is 19.6 Å². The lowest BCUT2D eigenvalue weighted by Crippen LogP contribution is -2.44. The number of nitrogen functional groups attached to an aromatic ring is 1. The van der Waals surface area contributed by atoms with Gasteiger partial charge in [-0.2, -0.15) is 4.98 Å². The number of rotatable bonds is 10. The summed E-state index contributed by atoms with van der Waals surface area (Å²) in [6, 6.07) is 25.0. The Labute approximate surface area is 247 Å². The number of hydrogen-bond acceptors (Lipinski definition) is 9. The van der Waals surface area contributed by atoms with E-state index in [1.165, 1.54) is 12.3 Å². The Morgan fingerprint density at radius 1 is 0.953 bits per heavy atom. The van der Waals surface area contributed by atoms with E-state index in [0.29, 0.717) is 28.2 Å². The van der Waals surface area contributed by atoms with Gasteiger partial charge in [-0.25, -0.2) is 4.79 Å². The first-order valence-corrected chi connectivity index (χ1v) is 14.9. The van der Waals surface area contributed by atoms with Crippen LogP contribution in [0.2, 0.25) is 0 Å².